The van der Waals surface area contributed by atoms with Crippen LogP contribution >= 0.6 is 11.6 Å². The number of benzene rings is 12. The molecule has 6 aromatic heterocycles. The fraction of sp³-hybridized carbons (Fsp3) is 0. The summed E-state index contributed by atoms with van der Waals surface area (Å²) in [6, 6.07) is 92.3. The molecule has 8 heterocycles. The number of halogens is 1. The van der Waals surface area contributed by atoms with Crippen molar-refractivity contribution in [3.8, 4) is 62.8 Å². The number of fused-ring (bicyclic) bond motifs is 18. The second kappa shape index (κ2) is 19.2. The molecule has 408 valence electrons. The Balaban J connectivity index is 0.000000109. The Morgan fingerprint density at radius 3 is 1.32 bits per heavy atom. The monoisotopic (exact) mass is 1140 g/mol. The van der Waals surface area contributed by atoms with E-state index < -0.39 is 0 Å². The summed E-state index contributed by atoms with van der Waals surface area (Å²) in [5, 5.41) is 12.0. The van der Waals surface area contributed by atoms with Gasteiger partial charge in [0.25, 0.3) is 0 Å². The normalized spacial score (nSPS) is 12.1. The van der Waals surface area contributed by atoms with Gasteiger partial charge in [0, 0.05) is 71.1 Å². The van der Waals surface area contributed by atoms with Crippen molar-refractivity contribution in [3.05, 3.63) is 272 Å². The molecule has 87 heavy (non-hydrogen) atoms. The highest BCUT2D eigenvalue weighted by atomic mass is 35.5. The summed E-state index contributed by atoms with van der Waals surface area (Å²) in [4.78, 5) is 22.8. The van der Waals surface area contributed by atoms with Gasteiger partial charge in [-0.2, -0.15) is 0 Å². The van der Waals surface area contributed by atoms with Crippen molar-refractivity contribution in [2.75, 3.05) is 0 Å². The van der Waals surface area contributed by atoms with E-state index in [9.17, 15) is 0 Å². The zero-order valence-electron chi connectivity index (χ0n) is 46.2. The van der Waals surface area contributed by atoms with Crippen molar-refractivity contribution in [1.29, 1.82) is 0 Å². The van der Waals surface area contributed by atoms with Gasteiger partial charge >= 0.3 is 0 Å². The summed E-state index contributed by atoms with van der Waals surface area (Å²) in [6.45, 7) is 0. The van der Waals surface area contributed by atoms with Crippen LogP contribution in [0.4, 0.5) is 0 Å². The third-order valence-corrected chi connectivity index (χ3v) is 17.2. The highest BCUT2D eigenvalue weighted by Crippen LogP contribution is 2.48. The predicted octanol–water partition coefficient (Wildman–Crippen LogP) is 20.1. The second-order valence-electron chi connectivity index (χ2n) is 21.9. The molecule has 0 unspecified atom stereocenters. The number of H-pyrrole nitrogens is 1. The summed E-state index contributed by atoms with van der Waals surface area (Å²) in [5.41, 5.74) is 16.9. The highest BCUT2D eigenvalue weighted by molar-refractivity contribution is 6.29. The van der Waals surface area contributed by atoms with Gasteiger partial charge in [0.2, 0.25) is 11.2 Å². The van der Waals surface area contributed by atoms with Crippen LogP contribution in [-0.4, -0.2) is 38.6 Å². The number of rotatable bonds is 3. The second-order valence-corrected chi connectivity index (χ2v) is 22.2. The molecule has 1 N–H and O–H groups in total. The predicted molar refractivity (Wildman–Crippen MR) is 354 cm³/mol. The molecule has 0 atom stereocenters. The van der Waals surface area contributed by atoms with Gasteiger partial charge in [-0.3, -0.25) is 4.57 Å². The summed E-state index contributed by atoms with van der Waals surface area (Å²) < 4.78 is 19.2. The molecule has 0 aliphatic carbocycles. The molecule has 20 rings (SSSR count). The van der Waals surface area contributed by atoms with Gasteiger partial charge in [-0.1, -0.05) is 170 Å². The topological polar surface area (TPSA) is 101 Å². The van der Waals surface area contributed by atoms with E-state index in [2.05, 4.69) is 223 Å². The Hall–Kier alpha value is -11.6. The van der Waals surface area contributed by atoms with E-state index in [1.54, 1.807) is 0 Å². The van der Waals surface area contributed by atoms with Crippen molar-refractivity contribution in [3.63, 3.8) is 0 Å². The lowest BCUT2D eigenvalue weighted by Gasteiger charge is -2.21. The Labute approximate surface area is 501 Å². The average Bonchev–Trinajstić information content (AvgIpc) is 1.90. The van der Waals surface area contributed by atoms with Crippen LogP contribution in [0.5, 0.6) is 23.0 Å². The Morgan fingerprint density at radius 2 is 0.736 bits per heavy atom. The Kier molecular flexibility index (Phi) is 10.8. The average molecular weight is 1140 g/mol. The van der Waals surface area contributed by atoms with E-state index in [1.807, 2.05) is 72.8 Å². The van der Waals surface area contributed by atoms with Crippen LogP contribution in [0.25, 0.3) is 149 Å². The van der Waals surface area contributed by atoms with Crippen molar-refractivity contribution in [2.24, 2.45) is 0 Å². The van der Waals surface area contributed by atoms with Gasteiger partial charge in [0.15, 0.2) is 0 Å². The first-order chi connectivity index (χ1) is 43.1. The number of hydrogen-bond donors (Lipinski definition) is 1. The summed E-state index contributed by atoms with van der Waals surface area (Å²) in [6.07, 6.45) is 0. The van der Waals surface area contributed by atoms with Crippen molar-refractivity contribution >= 4 is 121 Å². The van der Waals surface area contributed by atoms with E-state index in [1.165, 1.54) is 71.0 Å². The molecule has 12 aromatic carbocycles. The molecule has 0 fully saturated rings. The molecule has 0 amide bonds. The molecule has 0 radical (unpaired) electrons. The van der Waals surface area contributed by atoms with E-state index >= 15 is 0 Å². The number of aromatic amines is 1. The Bertz CT molecular complexity index is 5870. The molecule has 2 aliphatic heterocycles. The van der Waals surface area contributed by atoms with Crippen LogP contribution in [0, 0.1) is 0 Å². The summed E-state index contributed by atoms with van der Waals surface area (Å²) in [7, 11) is 0. The fourth-order valence-electron chi connectivity index (χ4n) is 13.4. The highest BCUT2D eigenvalue weighted by Gasteiger charge is 2.27. The third kappa shape index (κ3) is 7.48. The van der Waals surface area contributed by atoms with Crippen LogP contribution in [0.15, 0.2) is 267 Å². The van der Waals surface area contributed by atoms with Crippen LogP contribution < -0.4 is 9.47 Å². The molecule has 0 saturated heterocycles. The van der Waals surface area contributed by atoms with E-state index in [4.69, 9.17) is 31.0 Å². The van der Waals surface area contributed by atoms with E-state index in [-0.39, 0.29) is 5.28 Å². The molecular formula is C76H45ClN8O2. The SMILES string of the molecule is Clc1nc2c3c(cccc3n1)Oc1ccccc1-2.c1ccc(-n2c3ccccc3c3ccc4c5ccccc5[nH]c4c32)cc1.c1ccc(-n2c3ccccc3c3ccc4c5ccccc5n(-c5nc6c7c(cccc7n5)Oc5ccccc5-6)c4c32)cc1. The Morgan fingerprint density at radius 1 is 0.310 bits per heavy atom. The van der Waals surface area contributed by atoms with Gasteiger partial charge in [-0.05, 0) is 109 Å². The van der Waals surface area contributed by atoms with Crippen LogP contribution in [-0.2, 0) is 0 Å². The standard InChI is InChI=1S/C38H22N4O.C24H16N2.C14H7ClN2O/c1-2-11-23(12-3-1)41-30-17-7-4-13-24(30)26-21-22-27-25-14-5-8-18-31(25)42(37(27)36(26)41)38-39-29-16-10-20-33-34(29)35(40-38)28-15-6-9-19-32(28)43-33;1-2-8-16(9-3-1)26-22-13-7-5-11-18(22)20-15-14-19-17-10-4-6-12-21(17)25-23(19)24(20)26;15-14-16-9-5-3-7-11-12(9)13(17-14)8-4-1-2-6-10(8)18-11/h1-22H;1-15,25H;1-7H. The summed E-state index contributed by atoms with van der Waals surface area (Å²) in [5.74, 6) is 3.80. The minimum absolute atomic E-state index is 0.256. The van der Waals surface area contributed by atoms with Gasteiger partial charge in [-0.25, -0.2) is 19.9 Å². The van der Waals surface area contributed by atoms with Crippen LogP contribution in [0.2, 0.25) is 5.28 Å². The molecule has 0 spiro atoms. The first-order valence-electron chi connectivity index (χ1n) is 28.9. The van der Waals surface area contributed by atoms with Crippen molar-refractivity contribution in [2.45, 2.75) is 0 Å². The van der Waals surface area contributed by atoms with E-state index in [0.29, 0.717) is 5.95 Å². The number of para-hydroxylation sites is 8. The van der Waals surface area contributed by atoms with Gasteiger partial charge in [0.1, 0.15) is 23.0 Å². The van der Waals surface area contributed by atoms with E-state index in [0.717, 1.165) is 94.9 Å². The molecule has 2 aliphatic rings. The van der Waals surface area contributed by atoms with Crippen LogP contribution in [0.3, 0.4) is 0 Å². The maximum absolute atomic E-state index is 6.29. The number of ether oxygens (including phenoxy) is 2. The molecule has 0 saturated carbocycles. The maximum atomic E-state index is 6.29. The molecule has 11 heteroatoms. The van der Waals surface area contributed by atoms with Gasteiger partial charge in [0.05, 0.1) is 71.8 Å². The number of hydrogen-bond acceptors (Lipinski definition) is 6. The summed E-state index contributed by atoms with van der Waals surface area (Å²) >= 11 is 5.98. The van der Waals surface area contributed by atoms with Crippen molar-refractivity contribution < 1.29 is 9.47 Å². The number of nitrogens with one attached hydrogen (secondary N) is 1. The first kappa shape index (κ1) is 48.9. The molecular weight excluding hydrogens is 1090 g/mol. The zero-order chi connectivity index (χ0) is 57.3. The quantitative estimate of drug-likeness (QED) is 0.177. The largest absolute Gasteiger partial charge is 0.456 e. The lowest BCUT2D eigenvalue weighted by molar-refractivity contribution is 0.486. The first-order valence-corrected chi connectivity index (χ1v) is 29.3. The van der Waals surface area contributed by atoms with Crippen molar-refractivity contribution in [1.82, 2.24) is 38.6 Å². The third-order valence-electron chi connectivity index (χ3n) is 17.1. The zero-order valence-corrected chi connectivity index (χ0v) is 47.0. The number of aromatic nitrogens is 8. The van der Waals surface area contributed by atoms with Gasteiger partial charge in [-0.15, -0.1) is 0 Å². The number of nitrogens with zero attached hydrogens (tertiary/aromatic N) is 7. The van der Waals surface area contributed by atoms with Crippen LogP contribution in [0.1, 0.15) is 0 Å². The molecule has 18 aromatic rings. The minimum Gasteiger partial charge on any atom is -0.456 e. The lowest BCUT2D eigenvalue weighted by atomic mass is 10.0. The molecule has 0 bridgehead atoms. The maximum Gasteiger partial charge on any atom is 0.235 e. The van der Waals surface area contributed by atoms with Gasteiger partial charge < -0.3 is 23.6 Å². The smallest absolute Gasteiger partial charge is 0.235 e. The minimum atomic E-state index is 0.256. The molecule has 10 nitrogen and oxygen atoms in total. The fourth-order valence-corrected chi connectivity index (χ4v) is 13.6. The lowest BCUT2D eigenvalue weighted by Crippen LogP contribution is -2.07.